The van der Waals surface area contributed by atoms with Crippen LogP contribution < -0.4 is 11.1 Å². The zero-order chi connectivity index (χ0) is 11.3. The topological polar surface area (TPSA) is 68.0 Å². The summed E-state index contributed by atoms with van der Waals surface area (Å²) in [7, 11) is 0. The predicted octanol–water partition coefficient (Wildman–Crippen LogP) is 1.31. The van der Waals surface area contributed by atoms with Crippen molar-refractivity contribution in [2.75, 3.05) is 11.9 Å². The van der Waals surface area contributed by atoms with E-state index in [4.69, 9.17) is 5.73 Å². The van der Waals surface area contributed by atoms with Crippen LogP contribution in [0.1, 0.15) is 18.9 Å². The fraction of sp³-hybridized carbons (Fsp3) is 0.455. The molecule has 0 bridgehead atoms. The number of rotatable bonds is 4. The van der Waals surface area contributed by atoms with Crippen molar-refractivity contribution in [2.24, 2.45) is 11.7 Å². The molecule has 0 spiro atoms. The number of amides is 1. The molecule has 3 N–H and O–H groups in total. The van der Waals surface area contributed by atoms with Crippen molar-refractivity contribution in [3.8, 4) is 0 Å². The van der Waals surface area contributed by atoms with Crippen molar-refractivity contribution in [1.29, 1.82) is 0 Å². The summed E-state index contributed by atoms with van der Waals surface area (Å²) in [6, 6.07) is 1.89. The van der Waals surface area contributed by atoms with Gasteiger partial charge in [-0.2, -0.15) is 0 Å². The molecular formula is C11H17N3O. The molecule has 0 aromatic carbocycles. The quantitative estimate of drug-likeness (QED) is 0.782. The molecule has 1 unspecified atom stereocenters. The van der Waals surface area contributed by atoms with E-state index in [2.05, 4.69) is 10.3 Å². The average Bonchev–Trinajstić information content (AvgIpc) is 2.17. The molecule has 1 amide bonds. The lowest BCUT2D eigenvalue weighted by molar-refractivity contribution is -0.116. The number of hydrogen-bond donors (Lipinski definition) is 2. The highest BCUT2D eigenvalue weighted by Gasteiger charge is 2.07. The third-order valence-electron chi connectivity index (χ3n) is 2.09. The molecule has 1 aromatic heterocycles. The highest BCUT2D eigenvalue weighted by molar-refractivity contribution is 5.90. The van der Waals surface area contributed by atoms with E-state index in [0.717, 1.165) is 11.3 Å². The Morgan fingerprint density at radius 2 is 2.33 bits per heavy atom. The van der Waals surface area contributed by atoms with Crippen molar-refractivity contribution >= 4 is 11.6 Å². The Kier molecular flexibility index (Phi) is 4.24. The van der Waals surface area contributed by atoms with E-state index in [1.54, 1.807) is 12.4 Å². The number of carbonyl (C=O) groups is 1. The monoisotopic (exact) mass is 207 g/mol. The summed E-state index contributed by atoms with van der Waals surface area (Å²) in [6.07, 6.45) is 3.83. The normalized spacial score (nSPS) is 12.2. The third-order valence-corrected chi connectivity index (χ3v) is 2.09. The molecule has 0 aliphatic heterocycles. The Balaban J connectivity index is 2.51. The van der Waals surface area contributed by atoms with Gasteiger partial charge in [0.2, 0.25) is 5.91 Å². The maximum Gasteiger partial charge on any atom is 0.224 e. The molecule has 15 heavy (non-hydrogen) atoms. The lowest BCUT2D eigenvalue weighted by Gasteiger charge is -2.09. The second kappa shape index (κ2) is 5.46. The summed E-state index contributed by atoms with van der Waals surface area (Å²) in [4.78, 5) is 15.5. The van der Waals surface area contributed by atoms with Crippen molar-refractivity contribution in [1.82, 2.24) is 4.98 Å². The minimum absolute atomic E-state index is 0.0136. The first-order valence-corrected chi connectivity index (χ1v) is 5.03. The molecule has 1 heterocycles. The second-order valence-corrected chi connectivity index (χ2v) is 3.84. The summed E-state index contributed by atoms with van der Waals surface area (Å²) in [5.74, 6) is 0.197. The smallest absolute Gasteiger partial charge is 0.224 e. The minimum Gasteiger partial charge on any atom is -0.330 e. The molecule has 0 radical (unpaired) electrons. The number of pyridine rings is 1. The van der Waals surface area contributed by atoms with Crippen LogP contribution in [0.15, 0.2) is 18.5 Å². The molecule has 1 aromatic rings. The molecule has 0 aliphatic carbocycles. The number of nitrogens with one attached hydrogen (secondary N) is 1. The van der Waals surface area contributed by atoms with Gasteiger partial charge in [-0.3, -0.25) is 9.78 Å². The van der Waals surface area contributed by atoms with E-state index in [1.807, 2.05) is 19.9 Å². The average molecular weight is 207 g/mol. The van der Waals surface area contributed by atoms with Crippen LogP contribution in [0, 0.1) is 12.8 Å². The predicted molar refractivity (Wildman–Crippen MR) is 60.4 cm³/mol. The van der Waals surface area contributed by atoms with E-state index in [9.17, 15) is 4.79 Å². The second-order valence-electron chi connectivity index (χ2n) is 3.84. The zero-order valence-electron chi connectivity index (χ0n) is 9.16. The largest absolute Gasteiger partial charge is 0.330 e. The molecule has 0 saturated carbocycles. The van der Waals surface area contributed by atoms with Gasteiger partial charge in [0.15, 0.2) is 0 Å². The van der Waals surface area contributed by atoms with Crippen LogP contribution in [0.4, 0.5) is 5.69 Å². The Morgan fingerprint density at radius 1 is 1.60 bits per heavy atom. The van der Waals surface area contributed by atoms with Crippen LogP contribution in [-0.4, -0.2) is 17.4 Å². The minimum atomic E-state index is -0.0136. The van der Waals surface area contributed by atoms with Gasteiger partial charge >= 0.3 is 0 Å². The van der Waals surface area contributed by atoms with E-state index in [-0.39, 0.29) is 11.8 Å². The Bertz CT molecular complexity index is 338. The third kappa shape index (κ3) is 4.08. The fourth-order valence-electron chi connectivity index (χ4n) is 1.24. The number of aryl methyl sites for hydroxylation is 1. The van der Waals surface area contributed by atoms with E-state index in [1.165, 1.54) is 0 Å². The molecule has 4 heteroatoms. The number of nitrogens with two attached hydrogens (primary N) is 1. The molecule has 82 valence electrons. The Hall–Kier alpha value is -1.42. The van der Waals surface area contributed by atoms with Crippen LogP contribution in [0.3, 0.4) is 0 Å². The summed E-state index contributed by atoms with van der Waals surface area (Å²) in [6.45, 7) is 4.42. The van der Waals surface area contributed by atoms with Crippen molar-refractivity contribution < 1.29 is 4.79 Å². The van der Waals surface area contributed by atoms with E-state index >= 15 is 0 Å². The lowest BCUT2D eigenvalue weighted by Crippen LogP contribution is -2.20. The van der Waals surface area contributed by atoms with Crippen molar-refractivity contribution in [3.63, 3.8) is 0 Å². The van der Waals surface area contributed by atoms with Crippen LogP contribution in [-0.2, 0) is 4.79 Å². The number of carbonyl (C=O) groups excluding carboxylic acids is 1. The summed E-state index contributed by atoms with van der Waals surface area (Å²) < 4.78 is 0. The first-order valence-electron chi connectivity index (χ1n) is 5.03. The maximum atomic E-state index is 11.5. The summed E-state index contributed by atoms with van der Waals surface area (Å²) >= 11 is 0. The molecule has 4 nitrogen and oxygen atoms in total. The highest BCUT2D eigenvalue weighted by Crippen LogP contribution is 2.09. The van der Waals surface area contributed by atoms with Gasteiger partial charge in [0.1, 0.15) is 0 Å². The standard InChI is InChI=1S/C11H17N3O/c1-8(5-12)4-11(15)14-10-3-9(2)6-13-7-10/h3,6-8H,4-5,12H2,1-2H3,(H,14,15). The van der Waals surface area contributed by atoms with Gasteiger partial charge in [0.25, 0.3) is 0 Å². The van der Waals surface area contributed by atoms with Gasteiger partial charge < -0.3 is 11.1 Å². The molecule has 0 saturated heterocycles. The Labute approximate surface area is 89.9 Å². The van der Waals surface area contributed by atoms with Gasteiger partial charge in [-0.05, 0) is 31.0 Å². The number of aromatic nitrogens is 1. The first kappa shape index (κ1) is 11.7. The fourth-order valence-corrected chi connectivity index (χ4v) is 1.24. The van der Waals surface area contributed by atoms with Crippen molar-refractivity contribution in [3.05, 3.63) is 24.0 Å². The van der Waals surface area contributed by atoms with Crippen LogP contribution in [0.5, 0.6) is 0 Å². The number of hydrogen-bond acceptors (Lipinski definition) is 3. The Morgan fingerprint density at radius 3 is 2.93 bits per heavy atom. The van der Waals surface area contributed by atoms with E-state index in [0.29, 0.717) is 13.0 Å². The van der Waals surface area contributed by atoms with Gasteiger partial charge in [-0.1, -0.05) is 6.92 Å². The lowest BCUT2D eigenvalue weighted by atomic mass is 10.1. The molecule has 0 fully saturated rings. The molecule has 0 aliphatic rings. The molecule has 1 rings (SSSR count). The summed E-state index contributed by atoms with van der Waals surface area (Å²) in [5.41, 5.74) is 7.21. The summed E-state index contributed by atoms with van der Waals surface area (Å²) in [5, 5.41) is 2.79. The van der Waals surface area contributed by atoms with Crippen LogP contribution in [0.25, 0.3) is 0 Å². The van der Waals surface area contributed by atoms with E-state index < -0.39 is 0 Å². The zero-order valence-corrected chi connectivity index (χ0v) is 9.16. The molecule has 1 atom stereocenters. The highest BCUT2D eigenvalue weighted by atomic mass is 16.1. The van der Waals surface area contributed by atoms with Gasteiger partial charge in [0.05, 0.1) is 11.9 Å². The van der Waals surface area contributed by atoms with Gasteiger partial charge in [-0.25, -0.2) is 0 Å². The number of anilines is 1. The van der Waals surface area contributed by atoms with Crippen LogP contribution >= 0.6 is 0 Å². The SMILES string of the molecule is Cc1cncc(NC(=O)CC(C)CN)c1. The van der Waals surface area contributed by atoms with Crippen molar-refractivity contribution in [2.45, 2.75) is 20.3 Å². The van der Waals surface area contributed by atoms with Crippen LogP contribution in [0.2, 0.25) is 0 Å². The van der Waals surface area contributed by atoms with Gasteiger partial charge in [0, 0.05) is 12.6 Å². The molecular weight excluding hydrogens is 190 g/mol. The number of nitrogens with zero attached hydrogens (tertiary/aromatic N) is 1. The maximum absolute atomic E-state index is 11.5. The first-order chi connectivity index (χ1) is 7.11. The van der Waals surface area contributed by atoms with Gasteiger partial charge in [-0.15, -0.1) is 0 Å².